The summed E-state index contributed by atoms with van der Waals surface area (Å²) in [5.41, 5.74) is 2.81. The second-order valence-electron chi connectivity index (χ2n) is 10.4. The van der Waals surface area contributed by atoms with E-state index in [0.29, 0.717) is 47.7 Å². The summed E-state index contributed by atoms with van der Waals surface area (Å²) in [6.45, 7) is 9.55. The van der Waals surface area contributed by atoms with Crippen molar-refractivity contribution in [2.75, 3.05) is 50.0 Å². The van der Waals surface area contributed by atoms with Gasteiger partial charge in [0, 0.05) is 38.4 Å². The van der Waals surface area contributed by atoms with E-state index in [4.69, 9.17) is 9.72 Å². The maximum atomic E-state index is 13.8. The van der Waals surface area contributed by atoms with E-state index >= 15 is 0 Å². The maximum Gasteiger partial charge on any atom is 0.262 e. The first-order chi connectivity index (χ1) is 18.0. The third-order valence-corrected chi connectivity index (χ3v) is 8.25. The number of likely N-dealkylation sites (tertiary alicyclic amines) is 1. The number of anilines is 1. The highest BCUT2D eigenvalue weighted by molar-refractivity contribution is 7.99. The largest absolute Gasteiger partial charge is 0.378 e. The summed E-state index contributed by atoms with van der Waals surface area (Å²) >= 11 is 1.38. The molecule has 0 N–H and O–H groups in total. The van der Waals surface area contributed by atoms with Crippen molar-refractivity contribution in [3.63, 3.8) is 0 Å². The average Bonchev–Trinajstić information content (AvgIpc) is 2.91. The van der Waals surface area contributed by atoms with Crippen molar-refractivity contribution in [2.24, 2.45) is 11.8 Å². The van der Waals surface area contributed by atoms with Crippen LogP contribution < -0.4 is 10.5 Å². The Balaban J connectivity index is 1.43. The molecule has 3 aromatic rings. The summed E-state index contributed by atoms with van der Waals surface area (Å²) in [6, 6.07) is 16.1. The predicted octanol–water partition coefficient (Wildman–Crippen LogP) is 4.07. The number of carbonyl (C=O) groups is 1. The molecule has 7 nitrogen and oxygen atoms in total. The molecular formula is C29H36N4O3S. The normalized spacial score (nSPS) is 20.4. The predicted molar refractivity (Wildman–Crippen MR) is 149 cm³/mol. The molecule has 3 heterocycles. The number of benzene rings is 2. The Morgan fingerprint density at radius 3 is 2.51 bits per heavy atom. The Kier molecular flexibility index (Phi) is 8.15. The molecule has 2 saturated heterocycles. The minimum Gasteiger partial charge on any atom is -0.378 e. The molecule has 0 spiro atoms. The first kappa shape index (κ1) is 25.8. The van der Waals surface area contributed by atoms with E-state index in [2.05, 4.69) is 30.9 Å². The highest BCUT2D eigenvalue weighted by atomic mass is 32.2. The number of fused-ring (bicyclic) bond motifs is 1. The van der Waals surface area contributed by atoms with Gasteiger partial charge < -0.3 is 14.5 Å². The number of morpholine rings is 1. The van der Waals surface area contributed by atoms with E-state index in [9.17, 15) is 9.59 Å². The third-order valence-electron chi connectivity index (χ3n) is 7.29. The van der Waals surface area contributed by atoms with Crippen molar-refractivity contribution in [1.29, 1.82) is 0 Å². The summed E-state index contributed by atoms with van der Waals surface area (Å²) in [4.78, 5) is 36.0. The molecule has 2 fully saturated rings. The van der Waals surface area contributed by atoms with Gasteiger partial charge >= 0.3 is 0 Å². The maximum absolute atomic E-state index is 13.8. The van der Waals surface area contributed by atoms with E-state index in [1.807, 2.05) is 41.3 Å². The molecule has 2 aliphatic heterocycles. The van der Waals surface area contributed by atoms with Crippen LogP contribution in [0.2, 0.25) is 0 Å². The Bertz CT molecular complexity index is 1280. The average molecular weight is 521 g/mol. The zero-order valence-corrected chi connectivity index (χ0v) is 22.6. The van der Waals surface area contributed by atoms with Crippen LogP contribution in [0.15, 0.2) is 58.5 Å². The minimum absolute atomic E-state index is 0.0498. The first-order valence-corrected chi connectivity index (χ1v) is 14.3. The second kappa shape index (κ2) is 11.7. The molecule has 0 radical (unpaired) electrons. The number of aryl methyl sites for hydroxylation is 1. The van der Waals surface area contributed by atoms with Gasteiger partial charge in [-0.15, -0.1) is 0 Å². The number of amides is 1. The summed E-state index contributed by atoms with van der Waals surface area (Å²) in [7, 11) is 0. The number of piperidine rings is 1. The standard InChI is InChI=1S/C29H36N4O3S/c1-21-16-22(2)19-32(18-21)27(34)20-37-29-30-26-9-8-24(31-12-14-36-15-13-31)17-25(26)28(35)33(29)11-10-23-6-4-3-5-7-23/h3-9,17,21-22H,10-16,18-20H2,1-2H3/t21-,22-/m1/s1. The van der Waals surface area contributed by atoms with Gasteiger partial charge in [0.05, 0.1) is 29.9 Å². The second-order valence-corrected chi connectivity index (χ2v) is 11.4. The van der Waals surface area contributed by atoms with Crippen molar-refractivity contribution < 1.29 is 9.53 Å². The van der Waals surface area contributed by atoms with Crippen molar-refractivity contribution >= 4 is 34.3 Å². The fourth-order valence-electron chi connectivity index (χ4n) is 5.48. The van der Waals surface area contributed by atoms with Crippen LogP contribution >= 0.6 is 11.8 Å². The van der Waals surface area contributed by atoms with E-state index in [-0.39, 0.29) is 17.2 Å². The monoisotopic (exact) mass is 520 g/mol. The number of rotatable bonds is 7. The third kappa shape index (κ3) is 6.18. The topological polar surface area (TPSA) is 67.7 Å². The van der Waals surface area contributed by atoms with Crippen LogP contribution in [0.3, 0.4) is 0 Å². The van der Waals surface area contributed by atoms with Gasteiger partial charge in [-0.05, 0) is 48.4 Å². The van der Waals surface area contributed by atoms with E-state index in [1.54, 1.807) is 4.57 Å². The summed E-state index contributed by atoms with van der Waals surface area (Å²) in [5.74, 6) is 1.44. The van der Waals surface area contributed by atoms with E-state index in [1.165, 1.54) is 17.3 Å². The molecule has 1 aromatic heterocycles. The quantitative estimate of drug-likeness (QED) is 0.346. The number of thioether (sulfide) groups is 1. The van der Waals surface area contributed by atoms with Crippen LogP contribution in [0.4, 0.5) is 5.69 Å². The highest BCUT2D eigenvalue weighted by Crippen LogP contribution is 2.25. The number of aromatic nitrogens is 2. The first-order valence-electron chi connectivity index (χ1n) is 13.3. The number of ether oxygens (including phenoxy) is 1. The van der Waals surface area contributed by atoms with Gasteiger partial charge in [0.15, 0.2) is 5.16 Å². The van der Waals surface area contributed by atoms with Gasteiger partial charge in [0.1, 0.15) is 0 Å². The molecule has 196 valence electrons. The molecule has 0 unspecified atom stereocenters. The highest BCUT2D eigenvalue weighted by Gasteiger charge is 2.26. The Morgan fingerprint density at radius 2 is 1.78 bits per heavy atom. The van der Waals surface area contributed by atoms with Crippen molar-refractivity contribution in [3.8, 4) is 0 Å². The fraction of sp³-hybridized carbons (Fsp3) is 0.483. The molecule has 8 heteroatoms. The lowest BCUT2D eigenvalue weighted by Crippen LogP contribution is -2.43. The molecular weight excluding hydrogens is 484 g/mol. The summed E-state index contributed by atoms with van der Waals surface area (Å²) in [5, 5.41) is 1.23. The molecule has 1 amide bonds. The number of nitrogens with zero attached hydrogens (tertiary/aromatic N) is 4. The smallest absolute Gasteiger partial charge is 0.262 e. The van der Waals surface area contributed by atoms with Crippen LogP contribution in [0, 0.1) is 11.8 Å². The van der Waals surface area contributed by atoms with Gasteiger partial charge in [-0.2, -0.15) is 0 Å². The molecule has 0 bridgehead atoms. The molecule has 0 aliphatic carbocycles. The van der Waals surface area contributed by atoms with Crippen LogP contribution in [-0.2, 0) is 22.5 Å². The lowest BCUT2D eigenvalue weighted by Gasteiger charge is -2.35. The van der Waals surface area contributed by atoms with Gasteiger partial charge in [-0.25, -0.2) is 4.98 Å². The zero-order chi connectivity index (χ0) is 25.8. The van der Waals surface area contributed by atoms with Gasteiger partial charge in [-0.3, -0.25) is 14.2 Å². The van der Waals surface area contributed by atoms with Crippen molar-refractivity contribution in [1.82, 2.24) is 14.5 Å². The number of hydrogen-bond donors (Lipinski definition) is 0. The SMILES string of the molecule is C[C@@H]1C[C@@H](C)CN(C(=O)CSc2nc3ccc(N4CCOCC4)cc3c(=O)n2CCc2ccccc2)C1. The molecule has 0 saturated carbocycles. The van der Waals surface area contributed by atoms with Crippen LogP contribution in [0.5, 0.6) is 0 Å². The molecule has 37 heavy (non-hydrogen) atoms. The zero-order valence-electron chi connectivity index (χ0n) is 21.8. The van der Waals surface area contributed by atoms with Crippen molar-refractivity contribution in [2.45, 2.75) is 38.4 Å². The van der Waals surface area contributed by atoms with Crippen molar-refractivity contribution in [3.05, 3.63) is 64.4 Å². The summed E-state index contributed by atoms with van der Waals surface area (Å²) in [6.07, 6.45) is 1.88. The lowest BCUT2D eigenvalue weighted by atomic mass is 9.92. The number of carbonyl (C=O) groups excluding carboxylic acids is 1. The Labute approximate surface area is 222 Å². The molecule has 5 rings (SSSR count). The molecule has 2 aliphatic rings. The van der Waals surface area contributed by atoms with Crippen LogP contribution in [0.25, 0.3) is 10.9 Å². The van der Waals surface area contributed by atoms with E-state index < -0.39 is 0 Å². The van der Waals surface area contributed by atoms with Gasteiger partial charge in [-0.1, -0.05) is 55.9 Å². The summed E-state index contributed by atoms with van der Waals surface area (Å²) < 4.78 is 7.25. The Hall–Kier alpha value is -2.84. The Morgan fingerprint density at radius 1 is 1.05 bits per heavy atom. The van der Waals surface area contributed by atoms with Crippen LogP contribution in [-0.4, -0.2) is 65.5 Å². The number of hydrogen-bond acceptors (Lipinski definition) is 6. The molecule has 2 atom stereocenters. The lowest BCUT2D eigenvalue weighted by molar-refractivity contribution is -0.130. The minimum atomic E-state index is -0.0498. The molecule has 2 aromatic carbocycles. The van der Waals surface area contributed by atoms with Gasteiger partial charge in [0.2, 0.25) is 5.91 Å². The fourth-order valence-corrected chi connectivity index (χ4v) is 6.41. The van der Waals surface area contributed by atoms with E-state index in [0.717, 1.165) is 44.7 Å². The van der Waals surface area contributed by atoms with Crippen LogP contribution in [0.1, 0.15) is 25.8 Å². The van der Waals surface area contributed by atoms with Gasteiger partial charge in [0.25, 0.3) is 5.56 Å².